The highest BCUT2D eigenvalue weighted by atomic mass is 16.5. The van der Waals surface area contributed by atoms with E-state index in [0.717, 1.165) is 19.3 Å². The lowest BCUT2D eigenvalue weighted by molar-refractivity contribution is -0.0834. The summed E-state index contributed by atoms with van der Waals surface area (Å²) in [5, 5.41) is 0. The molecule has 0 bridgehead atoms. The summed E-state index contributed by atoms with van der Waals surface area (Å²) in [6, 6.07) is 8.73. The maximum Gasteiger partial charge on any atom is 0.0683 e. The molecule has 1 aliphatic heterocycles. The Morgan fingerprint density at radius 1 is 1.15 bits per heavy atom. The van der Waals surface area contributed by atoms with Gasteiger partial charge in [-0.3, -0.25) is 0 Å². The highest BCUT2D eigenvalue weighted by Crippen LogP contribution is 2.52. The fraction of sp³-hybridized carbons (Fsp3) is 0.667. The van der Waals surface area contributed by atoms with Crippen molar-refractivity contribution >= 4 is 0 Å². The van der Waals surface area contributed by atoms with Crippen LogP contribution < -0.4 is 5.73 Å². The molecule has 0 saturated carbocycles. The van der Waals surface area contributed by atoms with Crippen LogP contribution in [0.1, 0.15) is 58.1 Å². The molecule has 2 unspecified atom stereocenters. The third kappa shape index (κ3) is 2.10. The molecule has 3 rings (SSSR count). The van der Waals surface area contributed by atoms with E-state index in [1.807, 2.05) is 0 Å². The summed E-state index contributed by atoms with van der Waals surface area (Å²) in [6.07, 6.45) is 4.44. The van der Waals surface area contributed by atoms with Gasteiger partial charge in [-0.05, 0) is 64.5 Å². The van der Waals surface area contributed by atoms with Gasteiger partial charge in [-0.2, -0.15) is 0 Å². The van der Waals surface area contributed by atoms with E-state index in [2.05, 4.69) is 52.0 Å². The van der Waals surface area contributed by atoms with E-state index in [9.17, 15) is 0 Å². The topological polar surface area (TPSA) is 35.2 Å². The highest BCUT2D eigenvalue weighted by molar-refractivity contribution is 5.37. The number of nitrogens with two attached hydrogens (primary N) is 1. The van der Waals surface area contributed by atoms with Gasteiger partial charge in [0.05, 0.1) is 11.2 Å². The maximum absolute atomic E-state index is 6.99. The summed E-state index contributed by atoms with van der Waals surface area (Å²) in [5.41, 5.74) is 9.29. The lowest BCUT2D eigenvalue weighted by atomic mass is 9.64. The Hall–Kier alpha value is -0.860. The molecule has 1 heterocycles. The molecule has 1 saturated heterocycles. The van der Waals surface area contributed by atoms with E-state index in [4.69, 9.17) is 10.5 Å². The third-order valence-corrected chi connectivity index (χ3v) is 5.25. The Labute approximate surface area is 122 Å². The number of rotatable bonds is 1. The van der Waals surface area contributed by atoms with Crippen molar-refractivity contribution in [2.24, 2.45) is 11.7 Å². The lowest BCUT2D eigenvalue weighted by Gasteiger charge is -2.45. The second kappa shape index (κ2) is 4.32. The standard InChI is InChI=1S/C18H27NO/c1-16(2)12-15(17(3,4)20-16)18(19)11-7-9-13-8-5-6-10-14(13)18/h5-6,8,10,15H,7,9,11-12,19H2,1-4H3. The van der Waals surface area contributed by atoms with Crippen molar-refractivity contribution in [2.45, 2.75) is 70.1 Å². The maximum atomic E-state index is 6.99. The average molecular weight is 273 g/mol. The van der Waals surface area contributed by atoms with Crippen LogP contribution in [0, 0.1) is 5.92 Å². The molecule has 1 fully saturated rings. The van der Waals surface area contributed by atoms with Crippen molar-refractivity contribution in [1.82, 2.24) is 0 Å². The van der Waals surface area contributed by atoms with Gasteiger partial charge in [-0.15, -0.1) is 0 Å². The lowest BCUT2D eigenvalue weighted by Crippen LogP contribution is -2.52. The summed E-state index contributed by atoms with van der Waals surface area (Å²) in [7, 11) is 0. The van der Waals surface area contributed by atoms with Crippen molar-refractivity contribution in [3.8, 4) is 0 Å². The Morgan fingerprint density at radius 2 is 1.85 bits per heavy atom. The molecule has 110 valence electrons. The number of hydrogen-bond acceptors (Lipinski definition) is 2. The SMILES string of the molecule is CC1(C)CC(C2(N)CCCc3ccccc32)C(C)(C)O1. The van der Waals surface area contributed by atoms with E-state index >= 15 is 0 Å². The summed E-state index contributed by atoms with van der Waals surface area (Å²) in [6.45, 7) is 8.79. The molecule has 1 aromatic rings. The van der Waals surface area contributed by atoms with Gasteiger partial charge < -0.3 is 10.5 Å². The van der Waals surface area contributed by atoms with Crippen LogP contribution in [-0.4, -0.2) is 11.2 Å². The predicted octanol–water partition coefficient (Wildman–Crippen LogP) is 3.77. The van der Waals surface area contributed by atoms with E-state index in [1.165, 1.54) is 17.5 Å². The first kappa shape index (κ1) is 14.1. The molecule has 1 aromatic carbocycles. The molecule has 2 aliphatic rings. The molecular formula is C18H27NO. The van der Waals surface area contributed by atoms with Crippen LogP contribution in [0.25, 0.3) is 0 Å². The number of aryl methyl sites for hydroxylation is 1. The van der Waals surface area contributed by atoms with Gasteiger partial charge in [0.2, 0.25) is 0 Å². The van der Waals surface area contributed by atoms with E-state index in [-0.39, 0.29) is 16.7 Å². The Balaban J connectivity index is 2.06. The largest absolute Gasteiger partial charge is 0.369 e. The smallest absolute Gasteiger partial charge is 0.0683 e. The van der Waals surface area contributed by atoms with Crippen molar-refractivity contribution in [3.05, 3.63) is 35.4 Å². The van der Waals surface area contributed by atoms with Crippen LogP contribution in [0.3, 0.4) is 0 Å². The van der Waals surface area contributed by atoms with E-state index in [0.29, 0.717) is 5.92 Å². The van der Waals surface area contributed by atoms with E-state index in [1.54, 1.807) is 0 Å². The zero-order chi connectivity index (χ0) is 14.6. The predicted molar refractivity (Wildman–Crippen MR) is 82.6 cm³/mol. The van der Waals surface area contributed by atoms with Crippen molar-refractivity contribution in [1.29, 1.82) is 0 Å². The molecule has 0 amide bonds. The van der Waals surface area contributed by atoms with Crippen LogP contribution in [0.5, 0.6) is 0 Å². The summed E-state index contributed by atoms with van der Waals surface area (Å²) < 4.78 is 6.30. The van der Waals surface area contributed by atoms with Crippen molar-refractivity contribution in [2.75, 3.05) is 0 Å². The molecule has 20 heavy (non-hydrogen) atoms. The number of fused-ring (bicyclic) bond motifs is 1. The second-order valence-corrected chi connectivity index (χ2v) is 7.77. The van der Waals surface area contributed by atoms with Crippen LogP contribution in [0.2, 0.25) is 0 Å². The van der Waals surface area contributed by atoms with Gasteiger partial charge in [0.25, 0.3) is 0 Å². The number of benzene rings is 1. The number of ether oxygens (including phenoxy) is 1. The second-order valence-electron chi connectivity index (χ2n) is 7.77. The van der Waals surface area contributed by atoms with Crippen LogP contribution in [0.15, 0.2) is 24.3 Å². The van der Waals surface area contributed by atoms with E-state index < -0.39 is 0 Å². The number of hydrogen-bond donors (Lipinski definition) is 1. The molecule has 2 nitrogen and oxygen atoms in total. The quantitative estimate of drug-likeness (QED) is 0.845. The van der Waals surface area contributed by atoms with Gasteiger partial charge >= 0.3 is 0 Å². The van der Waals surface area contributed by atoms with Crippen LogP contribution >= 0.6 is 0 Å². The first-order valence-corrected chi connectivity index (χ1v) is 7.82. The average Bonchev–Trinajstić information content (AvgIpc) is 2.58. The molecule has 0 spiro atoms. The van der Waals surface area contributed by atoms with Gasteiger partial charge in [0.1, 0.15) is 0 Å². The minimum Gasteiger partial charge on any atom is -0.369 e. The molecule has 0 radical (unpaired) electrons. The molecule has 0 aromatic heterocycles. The van der Waals surface area contributed by atoms with Crippen LogP contribution in [0.4, 0.5) is 0 Å². The molecule has 1 aliphatic carbocycles. The minimum atomic E-state index is -0.244. The monoisotopic (exact) mass is 273 g/mol. The van der Waals surface area contributed by atoms with Gasteiger partial charge in [-0.25, -0.2) is 0 Å². The molecule has 2 atom stereocenters. The zero-order valence-electron chi connectivity index (χ0n) is 13.2. The normalized spacial score (nSPS) is 34.8. The highest BCUT2D eigenvalue weighted by Gasteiger charge is 2.55. The first-order chi connectivity index (χ1) is 9.25. The van der Waals surface area contributed by atoms with Gasteiger partial charge in [0, 0.05) is 11.5 Å². The van der Waals surface area contributed by atoms with Crippen molar-refractivity contribution in [3.63, 3.8) is 0 Å². The fourth-order valence-corrected chi connectivity index (χ4v) is 4.63. The fourth-order valence-electron chi connectivity index (χ4n) is 4.63. The Bertz CT molecular complexity index is 520. The molecular weight excluding hydrogens is 246 g/mol. The summed E-state index contributed by atoms with van der Waals surface area (Å²) in [4.78, 5) is 0. The van der Waals surface area contributed by atoms with Gasteiger partial charge in [-0.1, -0.05) is 24.3 Å². The summed E-state index contributed by atoms with van der Waals surface area (Å²) in [5.74, 6) is 0.367. The summed E-state index contributed by atoms with van der Waals surface area (Å²) >= 11 is 0. The molecule has 2 N–H and O–H groups in total. The minimum absolute atomic E-state index is 0.0765. The van der Waals surface area contributed by atoms with Gasteiger partial charge in [0.15, 0.2) is 0 Å². The first-order valence-electron chi connectivity index (χ1n) is 7.82. The van der Waals surface area contributed by atoms with Crippen molar-refractivity contribution < 1.29 is 4.74 Å². The zero-order valence-corrected chi connectivity index (χ0v) is 13.2. The molecule has 2 heteroatoms. The van der Waals surface area contributed by atoms with Crippen LogP contribution in [-0.2, 0) is 16.7 Å². The Kier molecular flexibility index (Phi) is 3.04. The third-order valence-electron chi connectivity index (χ3n) is 5.25. The Morgan fingerprint density at radius 3 is 2.50 bits per heavy atom.